The molecule has 0 aliphatic rings. The fourth-order valence-electron chi connectivity index (χ4n) is 3.15. The highest BCUT2D eigenvalue weighted by Crippen LogP contribution is 2.29. The van der Waals surface area contributed by atoms with E-state index in [1.807, 2.05) is 29.8 Å². The van der Waals surface area contributed by atoms with Crippen molar-refractivity contribution in [3.05, 3.63) is 66.4 Å². The van der Waals surface area contributed by atoms with Crippen LogP contribution in [0.25, 0.3) is 11.0 Å². The number of hydrogen-bond donors (Lipinski definition) is 1. The van der Waals surface area contributed by atoms with Gasteiger partial charge < -0.3 is 19.5 Å². The average Bonchev–Trinajstić information content (AvgIpc) is 3.08. The minimum Gasteiger partial charge on any atom is -0.457 e. The Balaban J connectivity index is 1.58. The summed E-state index contributed by atoms with van der Waals surface area (Å²) in [5.74, 6) is 2.52. The van der Waals surface area contributed by atoms with Gasteiger partial charge >= 0.3 is 0 Å². The van der Waals surface area contributed by atoms with Crippen LogP contribution in [0.4, 0.5) is 17.5 Å². The molecular weight excluding hydrogens is 378 g/mol. The SMILES string of the molecule is CCc1ccc(Nc2nc3cc(Oc4ccnc(N(C)C=O)c4)ccc3n2C)cc1. The molecule has 0 saturated carbocycles. The van der Waals surface area contributed by atoms with E-state index in [0.717, 1.165) is 29.1 Å². The quantitative estimate of drug-likeness (QED) is 0.456. The summed E-state index contributed by atoms with van der Waals surface area (Å²) in [6, 6.07) is 17.6. The number of amides is 1. The summed E-state index contributed by atoms with van der Waals surface area (Å²) in [7, 11) is 3.62. The third kappa shape index (κ3) is 3.96. The Morgan fingerprint density at radius 1 is 1.10 bits per heavy atom. The zero-order chi connectivity index (χ0) is 21.1. The maximum absolute atomic E-state index is 10.9. The first-order valence-electron chi connectivity index (χ1n) is 9.72. The predicted octanol–water partition coefficient (Wildman–Crippen LogP) is 4.66. The Morgan fingerprint density at radius 3 is 2.60 bits per heavy atom. The van der Waals surface area contributed by atoms with Crippen molar-refractivity contribution < 1.29 is 9.53 Å². The van der Waals surface area contributed by atoms with E-state index in [4.69, 9.17) is 9.72 Å². The number of carbonyl (C=O) groups is 1. The van der Waals surface area contributed by atoms with E-state index in [2.05, 4.69) is 41.5 Å². The zero-order valence-electron chi connectivity index (χ0n) is 17.2. The Morgan fingerprint density at radius 2 is 1.87 bits per heavy atom. The van der Waals surface area contributed by atoms with Crippen molar-refractivity contribution in [3.8, 4) is 11.5 Å². The van der Waals surface area contributed by atoms with Crippen molar-refractivity contribution in [1.29, 1.82) is 0 Å². The standard InChI is InChI=1S/C23H23N5O2/c1-4-16-5-7-17(8-6-16)25-23-26-20-13-18(9-10-21(20)28(23)3)30-19-11-12-24-22(14-19)27(2)15-29/h5-15H,4H2,1-3H3,(H,25,26). The van der Waals surface area contributed by atoms with Crippen molar-refractivity contribution >= 4 is 34.9 Å². The molecule has 0 aliphatic carbocycles. The van der Waals surface area contributed by atoms with Gasteiger partial charge in [0.25, 0.3) is 0 Å². The second kappa shape index (κ2) is 8.24. The third-order valence-electron chi connectivity index (χ3n) is 4.94. The van der Waals surface area contributed by atoms with Crippen LogP contribution in [0.1, 0.15) is 12.5 Å². The number of carbonyl (C=O) groups excluding carboxylic acids is 1. The molecule has 0 saturated heterocycles. The Labute approximate surface area is 174 Å². The fourth-order valence-corrected chi connectivity index (χ4v) is 3.15. The highest BCUT2D eigenvalue weighted by Gasteiger charge is 2.10. The summed E-state index contributed by atoms with van der Waals surface area (Å²) in [6.07, 6.45) is 3.33. The van der Waals surface area contributed by atoms with Crippen molar-refractivity contribution in [2.45, 2.75) is 13.3 Å². The number of pyridine rings is 1. The maximum atomic E-state index is 10.9. The molecule has 0 bridgehead atoms. The predicted molar refractivity (Wildman–Crippen MR) is 119 cm³/mol. The maximum Gasteiger partial charge on any atom is 0.215 e. The Kier molecular flexibility index (Phi) is 5.34. The number of benzene rings is 2. The van der Waals surface area contributed by atoms with Gasteiger partial charge in [0.1, 0.15) is 17.3 Å². The minimum absolute atomic E-state index is 0.516. The van der Waals surface area contributed by atoms with Gasteiger partial charge in [0.2, 0.25) is 12.4 Å². The molecule has 2 aromatic heterocycles. The smallest absolute Gasteiger partial charge is 0.215 e. The Hall–Kier alpha value is -3.87. The number of hydrogen-bond acceptors (Lipinski definition) is 5. The van der Waals surface area contributed by atoms with Gasteiger partial charge in [-0.25, -0.2) is 9.97 Å². The molecule has 0 unspecified atom stereocenters. The highest BCUT2D eigenvalue weighted by atomic mass is 16.5. The first kappa shape index (κ1) is 19.4. The molecule has 7 nitrogen and oxygen atoms in total. The molecule has 152 valence electrons. The molecule has 0 spiro atoms. The molecular formula is C23H23N5O2. The van der Waals surface area contributed by atoms with Crippen LogP contribution in [0.15, 0.2) is 60.8 Å². The van der Waals surface area contributed by atoms with Crippen molar-refractivity contribution in [1.82, 2.24) is 14.5 Å². The molecule has 2 aromatic carbocycles. The molecule has 7 heteroatoms. The minimum atomic E-state index is 0.516. The lowest BCUT2D eigenvalue weighted by atomic mass is 10.1. The third-order valence-corrected chi connectivity index (χ3v) is 4.94. The first-order chi connectivity index (χ1) is 14.6. The summed E-state index contributed by atoms with van der Waals surface area (Å²) < 4.78 is 7.97. The summed E-state index contributed by atoms with van der Waals surface area (Å²) in [5, 5.41) is 3.37. The summed E-state index contributed by atoms with van der Waals surface area (Å²) in [6.45, 7) is 2.14. The molecule has 1 amide bonds. The molecule has 0 aliphatic heterocycles. The van der Waals surface area contributed by atoms with Gasteiger partial charge in [-0.1, -0.05) is 19.1 Å². The number of fused-ring (bicyclic) bond motifs is 1. The number of imidazole rings is 1. The highest BCUT2D eigenvalue weighted by molar-refractivity contribution is 5.81. The van der Waals surface area contributed by atoms with Crippen LogP contribution < -0.4 is 15.0 Å². The summed E-state index contributed by atoms with van der Waals surface area (Å²) in [5.41, 5.74) is 4.10. The fraction of sp³-hybridized carbons (Fsp3) is 0.174. The van der Waals surface area contributed by atoms with E-state index in [1.54, 1.807) is 25.4 Å². The summed E-state index contributed by atoms with van der Waals surface area (Å²) >= 11 is 0. The lowest BCUT2D eigenvalue weighted by molar-refractivity contribution is -0.107. The van der Waals surface area contributed by atoms with Gasteiger partial charge in [0.15, 0.2) is 0 Å². The van der Waals surface area contributed by atoms with Crippen molar-refractivity contribution in [2.24, 2.45) is 7.05 Å². The van der Waals surface area contributed by atoms with Gasteiger partial charge in [-0.3, -0.25) is 4.79 Å². The lowest BCUT2D eigenvalue weighted by Gasteiger charge is -2.11. The number of anilines is 3. The molecule has 0 radical (unpaired) electrons. The number of nitrogens with zero attached hydrogens (tertiary/aromatic N) is 4. The molecule has 1 N–H and O–H groups in total. The molecule has 4 aromatic rings. The van der Waals surface area contributed by atoms with Crippen LogP contribution in [-0.2, 0) is 18.3 Å². The molecule has 0 fully saturated rings. The average molecular weight is 401 g/mol. The van der Waals surface area contributed by atoms with Crippen LogP contribution in [0.3, 0.4) is 0 Å². The number of aryl methyl sites for hydroxylation is 2. The van der Waals surface area contributed by atoms with Crippen LogP contribution in [-0.4, -0.2) is 28.0 Å². The van der Waals surface area contributed by atoms with Crippen molar-refractivity contribution in [2.75, 3.05) is 17.3 Å². The van der Waals surface area contributed by atoms with Crippen molar-refractivity contribution in [3.63, 3.8) is 0 Å². The second-order valence-corrected chi connectivity index (χ2v) is 6.99. The number of nitrogens with one attached hydrogen (secondary N) is 1. The second-order valence-electron chi connectivity index (χ2n) is 6.99. The van der Waals surface area contributed by atoms with Crippen LogP contribution in [0.2, 0.25) is 0 Å². The normalized spacial score (nSPS) is 10.8. The lowest BCUT2D eigenvalue weighted by Crippen LogP contribution is -2.14. The molecule has 2 heterocycles. The van der Waals surface area contributed by atoms with Gasteiger partial charge in [0.05, 0.1) is 11.0 Å². The zero-order valence-corrected chi connectivity index (χ0v) is 17.2. The van der Waals surface area contributed by atoms with Crippen LogP contribution in [0.5, 0.6) is 11.5 Å². The molecule has 30 heavy (non-hydrogen) atoms. The van der Waals surface area contributed by atoms with E-state index in [-0.39, 0.29) is 0 Å². The van der Waals surface area contributed by atoms with Gasteiger partial charge in [-0.2, -0.15) is 0 Å². The van der Waals surface area contributed by atoms with E-state index in [1.165, 1.54) is 10.5 Å². The van der Waals surface area contributed by atoms with E-state index >= 15 is 0 Å². The molecule has 0 atom stereocenters. The topological polar surface area (TPSA) is 72.3 Å². The molecule has 4 rings (SSSR count). The summed E-state index contributed by atoms with van der Waals surface area (Å²) in [4.78, 5) is 21.2. The number of ether oxygens (including phenoxy) is 1. The van der Waals surface area contributed by atoms with Gasteiger partial charge in [-0.15, -0.1) is 0 Å². The van der Waals surface area contributed by atoms with Crippen LogP contribution >= 0.6 is 0 Å². The van der Waals surface area contributed by atoms with E-state index in [0.29, 0.717) is 23.7 Å². The first-order valence-corrected chi connectivity index (χ1v) is 9.72. The van der Waals surface area contributed by atoms with Gasteiger partial charge in [-0.05, 0) is 42.3 Å². The van der Waals surface area contributed by atoms with E-state index in [9.17, 15) is 4.79 Å². The Bertz CT molecular complexity index is 1180. The largest absolute Gasteiger partial charge is 0.457 e. The van der Waals surface area contributed by atoms with E-state index < -0.39 is 0 Å². The number of aromatic nitrogens is 3. The van der Waals surface area contributed by atoms with Gasteiger partial charge in [0, 0.05) is 38.1 Å². The monoisotopic (exact) mass is 401 g/mol. The van der Waals surface area contributed by atoms with Crippen LogP contribution in [0, 0.1) is 0 Å². The number of rotatable bonds is 7.